The van der Waals surface area contributed by atoms with E-state index in [0.29, 0.717) is 12.1 Å². The van der Waals surface area contributed by atoms with Gasteiger partial charge in [-0.15, -0.1) is 0 Å². The van der Waals surface area contributed by atoms with Crippen LogP contribution in [0.15, 0.2) is 36.5 Å². The number of carbonyl (C=O) groups is 3. The quantitative estimate of drug-likeness (QED) is 0.526. The molecule has 1 aliphatic rings. The zero-order valence-corrected chi connectivity index (χ0v) is 20.0. The smallest absolute Gasteiger partial charge is 0.413 e. The number of benzene rings is 1. The van der Waals surface area contributed by atoms with Gasteiger partial charge in [0.15, 0.2) is 6.23 Å². The van der Waals surface area contributed by atoms with Gasteiger partial charge in [-0.05, 0) is 37.6 Å². The van der Waals surface area contributed by atoms with Crippen molar-refractivity contribution in [3.05, 3.63) is 53.7 Å². The third kappa shape index (κ3) is 5.91. The number of rotatable bonds is 8. The first-order valence-electron chi connectivity index (χ1n) is 11.4. The van der Waals surface area contributed by atoms with Gasteiger partial charge in [0.1, 0.15) is 29.2 Å². The summed E-state index contributed by atoms with van der Waals surface area (Å²) < 4.78 is 33.3. The summed E-state index contributed by atoms with van der Waals surface area (Å²) in [7, 11) is 0. The Morgan fingerprint density at radius 3 is 2.46 bits per heavy atom. The minimum atomic E-state index is -1.14. The van der Waals surface area contributed by atoms with E-state index in [1.807, 2.05) is 6.92 Å². The number of hydrogen-bond acceptors (Lipinski definition) is 6. The average molecular weight is 490 g/mol. The van der Waals surface area contributed by atoms with E-state index < -0.39 is 47.6 Å². The summed E-state index contributed by atoms with van der Waals surface area (Å²) in [4.78, 5) is 44.3. The van der Waals surface area contributed by atoms with E-state index in [-0.39, 0.29) is 24.1 Å². The van der Waals surface area contributed by atoms with E-state index in [0.717, 1.165) is 18.2 Å². The molecule has 3 atom stereocenters. The molecule has 188 valence electrons. The minimum Gasteiger partial charge on any atom is -0.424 e. The van der Waals surface area contributed by atoms with Crippen LogP contribution in [0.2, 0.25) is 0 Å². The first-order valence-corrected chi connectivity index (χ1v) is 11.4. The molecule has 1 aliphatic heterocycles. The monoisotopic (exact) mass is 489 g/mol. The minimum absolute atomic E-state index is 0.120. The molecule has 3 N–H and O–H groups in total. The average Bonchev–Trinajstić information content (AvgIpc) is 3.17. The second kappa shape index (κ2) is 11.2. The van der Waals surface area contributed by atoms with Gasteiger partial charge in [0, 0.05) is 18.2 Å². The maximum absolute atomic E-state index is 14.0. The molecule has 2 aromatic rings. The number of ether oxygens (including phenoxy) is 1. The fourth-order valence-corrected chi connectivity index (χ4v) is 3.78. The number of amides is 3. The summed E-state index contributed by atoms with van der Waals surface area (Å²) >= 11 is 0. The van der Waals surface area contributed by atoms with E-state index in [9.17, 15) is 23.2 Å². The fourth-order valence-electron chi connectivity index (χ4n) is 3.78. The van der Waals surface area contributed by atoms with E-state index in [2.05, 4.69) is 20.9 Å². The molecule has 0 spiro atoms. The Kier molecular flexibility index (Phi) is 8.34. The summed E-state index contributed by atoms with van der Waals surface area (Å²) in [6, 6.07) is 5.11. The fraction of sp³-hybridized carbons (Fsp3) is 0.417. The van der Waals surface area contributed by atoms with E-state index in [4.69, 9.17) is 4.74 Å². The highest BCUT2D eigenvalue weighted by Crippen LogP contribution is 2.32. The predicted molar refractivity (Wildman–Crippen MR) is 126 cm³/mol. The Morgan fingerprint density at radius 1 is 1.14 bits per heavy atom. The Labute approximate surface area is 202 Å². The number of hydrogen-bond donors (Lipinski definition) is 3. The summed E-state index contributed by atoms with van der Waals surface area (Å²) in [6.07, 6.45) is -0.664. The lowest BCUT2D eigenvalue weighted by molar-refractivity contribution is -0.130. The molecule has 0 bridgehead atoms. The number of nitrogens with one attached hydrogen (secondary N) is 3. The third-order valence-electron chi connectivity index (χ3n) is 5.58. The lowest BCUT2D eigenvalue weighted by atomic mass is 10.0. The van der Waals surface area contributed by atoms with Crippen LogP contribution < -0.4 is 20.9 Å². The van der Waals surface area contributed by atoms with Gasteiger partial charge < -0.3 is 15.4 Å². The summed E-state index contributed by atoms with van der Waals surface area (Å²) in [5.41, 5.74) is -0.0145. The Bertz CT molecular complexity index is 1080. The molecule has 0 fully saturated rings. The van der Waals surface area contributed by atoms with Crippen molar-refractivity contribution in [3.63, 3.8) is 0 Å². The van der Waals surface area contributed by atoms with Crippen molar-refractivity contribution in [2.75, 3.05) is 16.8 Å². The van der Waals surface area contributed by atoms with E-state index >= 15 is 0 Å². The van der Waals surface area contributed by atoms with Crippen LogP contribution in [-0.4, -0.2) is 47.7 Å². The molecule has 0 aliphatic carbocycles. The van der Waals surface area contributed by atoms with E-state index in [1.54, 1.807) is 32.9 Å². The van der Waals surface area contributed by atoms with Crippen molar-refractivity contribution in [2.45, 2.75) is 52.4 Å². The number of likely N-dealkylation sites (N-methyl/N-ethyl adjacent to an activating group) is 1. The molecule has 35 heavy (non-hydrogen) atoms. The molecule has 0 saturated heterocycles. The van der Waals surface area contributed by atoms with Crippen LogP contribution in [0.4, 0.5) is 25.1 Å². The highest BCUT2D eigenvalue weighted by Gasteiger charge is 2.42. The number of halogens is 2. The SMILES string of the molecule is CCN[C@@H](C)C(=O)N[C@H](C(=O)N1c2ncccc2C[C@@H]1OC(=O)Nc1c(F)cccc1F)C(C)C. The van der Waals surface area contributed by atoms with Gasteiger partial charge in [-0.3, -0.25) is 19.8 Å². The Hall–Kier alpha value is -3.60. The topological polar surface area (TPSA) is 113 Å². The molecular weight excluding hydrogens is 460 g/mol. The number of para-hydroxylation sites is 1. The van der Waals surface area contributed by atoms with Gasteiger partial charge >= 0.3 is 6.09 Å². The number of pyridine rings is 1. The molecule has 3 rings (SSSR count). The molecular formula is C24H29F2N5O4. The van der Waals surface area contributed by atoms with Crippen LogP contribution in [0.5, 0.6) is 0 Å². The van der Waals surface area contributed by atoms with Crippen LogP contribution in [-0.2, 0) is 20.7 Å². The lowest BCUT2D eigenvalue weighted by Crippen LogP contribution is -2.57. The van der Waals surface area contributed by atoms with Crippen LogP contribution in [0.25, 0.3) is 0 Å². The maximum atomic E-state index is 14.0. The normalized spacial score (nSPS) is 16.4. The van der Waals surface area contributed by atoms with Gasteiger partial charge in [0.25, 0.3) is 5.91 Å². The third-order valence-corrected chi connectivity index (χ3v) is 5.58. The first kappa shape index (κ1) is 26.0. The molecule has 0 unspecified atom stereocenters. The second-order valence-electron chi connectivity index (χ2n) is 8.49. The van der Waals surface area contributed by atoms with Gasteiger partial charge in [0.2, 0.25) is 5.91 Å². The molecule has 3 amide bonds. The van der Waals surface area contributed by atoms with Crippen molar-refractivity contribution < 1.29 is 27.9 Å². The van der Waals surface area contributed by atoms with Gasteiger partial charge in [-0.2, -0.15) is 0 Å². The molecule has 11 heteroatoms. The predicted octanol–water partition coefficient (Wildman–Crippen LogP) is 2.96. The number of aromatic nitrogens is 1. The van der Waals surface area contributed by atoms with Crippen LogP contribution >= 0.6 is 0 Å². The van der Waals surface area contributed by atoms with Crippen molar-refractivity contribution in [1.29, 1.82) is 0 Å². The second-order valence-corrected chi connectivity index (χ2v) is 8.49. The lowest BCUT2D eigenvalue weighted by Gasteiger charge is -2.31. The molecule has 2 heterocycles. The zero-order valence-electron chi connectivity index (χ0n) is 20.0. The van der Waals surface area contributed by atoms with Crippen molar-refractivity contribution in [2.24, 2.45) is 5.92 Å². The Balaban J connectivity index is 1.84. The van der Waals surface area contributed by atoms with Gasteiger partial charge in [-0.1, -0.05) is 32.9 Å². The van der Waals surface area contributed by atoms with Crippen LogP contribution in [0.3, 0.4) is 0 Å². The number of carbonyl (C=O) groups excluding carboxylic acids is 3. The molecule has 1 aromatic heterocycles. The maximum Gasteiger partial charge on any atom is 0.413 e. The van der Waals surface area contributed by atoms with E-state index in [1.165, 1.54) is 11.1 Å². The van der Waals surface area contributed by atoms with Crippen LogP contribution in [0, 0.1) is 17.6 Å². The summed E-state index contributed by atoms with van der Waals surface area (Å²) in [5.74, 6) is -2.83. The van der Waals surface area contributed by atoms with Crippen molar-refractivity contribution in [3.8, 4) is 0 Å². The zero-order chi connectivity index (χ0) is 25.7. The van der Waals surface area contributed by atoms with Gasteiger partial charge in [0.05, 0.1) is 6.04 Å². The summed E-state index contributed by atoms with van der Waals surface area (Å²) in [6.45, 7) is 7.68. The Morgan fingerprint density at radius 2 is 1.83 bits per heavy atom. The number of fused-ring (bicyclic) bond motifs is 1. The number of nitrogens with zero attached hydrogens (tertiary/aromatic N) is 2. The van der Waals surface area contributed by atoms with Gasteiger partial charge in [-0.25, -0.2) is 18.6 Å². The van der Waals surface area contributed by atoms with Crippen molar-refractivity contribution >= 4 is 29.4 Å². The highest BCUT2D eigenvalue weighted by molar-refractivity contribution is 6.01. The molecule has 1 aromatic carbocycles. The largest absolute Gasteiger partial charge is 0.424 e. The number of anilines is 2. The standard InChI is InChI=1S/C24H29F2N5O4/c1-5-27-14(4)22(32)29-19(13(2)3)23(33)31-18(12-15-8-7-11-28-21(15)31)35-24(34)30-20-16(25)9-6-10-17(20)26/h6-11,13-14,18-19,27H,5,12H2,1-4H3,(H,29,32)(H,30,34)/t14-,18-,19-/m0/s1. The molecule has 0 radical (unpaired) electrons. The highest BCUT2D eigenvalue weighted by atomic mass is 19.1. The first-order chi connectivity index (χ1) is 16.6. The van der Waals surface area contributed by atoms with Crippen LogP contribution in [0.1, 0.15) is 33.3 Å². The van der Waals surface area contributed by atoms with Crippen molar-refractivity contribution in [1.82, 2.24) is 15.6 Å². The summed E-state index contributed by atoms with van der Waals surface area (Å²) in [5, 5.41) is 7.81. The molecule has 0 saturated carbocycles. The molecule has 9 nitrogen and oxygen atoms in total.